The molecule has 1 aromatic rings. The van der Waals surface area contributed by atoms with Gasteiger partial charge in [0.2, 0.25) is 0 Å². The summed E-state index contributed by atoms with van der Waals surface area (Å²) < 4.78 is 30.0. The van der Waals surface area contributed by atoms with Gasteiger partial charge in [0.15, 0.2) is 12.1 Å². The lowest BCUT2D eigenvalue weighted by molar-refractivity contribution is -0.241. The van der Waals surface area contributed by atoms with Crippen molar-refractivity contribution in [3.63, 3.8) is 0 Å². The SMILES string of the molecule is CCCCCCCCCCCCO[C@H]1O[C@H]([C@@H](C)OC(=O)Nc2ccc(Cl)cc2)[C@@H]2OC(C)(C)O[C@H]12. The van der Waals surface area contributed by atoms with Crippen LogP contribution >= 0.6 is 11.6 Å². The van der Waals surface area contributed by atoms with Crippen molar-refractivity contribution in [2.24, 2.45) is 0 Å². The second kappa shape index (κ2) is 14.5. The van der Waals surface area contributed by atoms with Crippen molar-refractivity contribution < 1.29 is 28.5 Å². The van der Waals surface area contributed by atoms with Gasteiger partial charge >= 0.3 is 6.09 Å². The van der Waals surface area contributed by atoms with E-state index in [1.165, 1.54) is 51.4 Å². The molecular formula is C28H44ClNO6. The molecule has 36 heavy (non-hydrogen) atoms. The Labute approximate surface area is 221 Å². The van der Waals surface area contributed by atoms with Gasteiger partial charge in [-0.2, -0.15) is 0 Å². The van der Waals surface area contributed by atoms with Crippen molar-refractivity contribution in [2.45, 2.75) is 128 Å². The summed E-state index contributed by atoms with van der Waals surface area (Å²) >= 11 is 5.90. The molecule has 0 aromatic heterocycles. The molecule has 0 bridgehead atoms. The van der Waals surface area contributed by atoms with Crippen LogP contribution in [-0.2, 0) is 23.7 Å². The maximum atomic E-state index is 12.4. The van der Waals surface area contributed by atoms with E-state index in [0.29, 0.717) is 17.3 Å². The number of anilines is 1. The predicted molar refractivity (Wildman–Crippen MR) is 141 cm³/mol. The molecule has 8 heteroatoms. The van der Waals surface area contributed by atoms with Gasteiger partial charge in [-0.15, -0.1) is 0 Å². The number of carbonyl (C=O) groups excluding carboxylic acids is 1. The zero-order chi connectivity index (χ0) is 26.0. The van der Waals surface area contributed by atoms with Crippen LogP contribution in [0.15, 0.2) is 24.3 Å². The lowest BCUT2D eigenvalue weighted by Gasteiger charge is -2.27. The summed E-state index contributed by atoms with van der Waals surface area (Å²) in [6.45, 7) is 8.40. The monoisotopic (exact) mass is 525 g/mol. The number of halogens is 1. The van der Waals surface area contributed by atoms with E-state index < -0.39 is 30.4 Å². The Morgan fingerprint density at radius 3 is 2.19 bits per heavy atom. The molecule has 2 aliphatic heterocycles. The van der Waals surface area contributed by atoms with E-state index >= 15 is 0 Å². The van der Waals surface area contributed by atoms with Crippen LogP contribution in [0, 0.1) is 0 Å². The normalized spacial score (nSPS) is 25.5. The molecule has 7 nitrogen and oxygen atoms in total. The van der Waals surface area contributed by atoms with Crippen LogP contribution in [0.5, 0.6) is 0 Å². The van der Waals surface area contributed by atoms with Crippen molar-refractivity contribution in [1.82, 2.24) is 0 Å². The number of hydrogen-bond acceptors (Lipinski definition) is 6. The second-order valence-corrected chi connectivity index (χ2v) is 10.8. The summed E-state index contributed by atoms with van der Waals surface area (Å²) in [6.07, 6.45) is 9.80. The number of rotatable bonds is 15. The molecule has 0 radical (unpaired) electrons. The molecule has 0 aliphatic carbocycles. The first-order valence-corrected chi connectivity index (χ1v) is 14.0. The molecule has 2 heterocycles. The zero-order valence-corrected chi connectivity index (χ0v) is 23.1. The number of unbranched alkanes of at least 4 members (excludes halogenated alkanes) is 9. The molecule has 2 saturated heterocycles. The molecule has 0 saturated carbocycles. The summed E-state index contributed by atoms with van der Waals surface area (Å²) in [6, 6.07) is 6.83. The van der Waals surface area contributed by atoms with Gasteiger partial charge in [-0.3, -0.25) is 5.32 Å². The first kappa shape index (κ1) is 29.2. The number of benzene rings is 1. The maximum absolute atomic E-state index is 12.4. The fourth-order valence-electron chi connectivity index (χ4n) is 4.81. The lowest BCUT2D eigenvalue weighted by atomic mass is 10.1. The topological polar surface area (TPSA) is 75.3 Å². The van der Waals surface area contributed by atoms with Gasteiger partial charge in [0.25, 0.3) is 0 Å². The molecule has 2 fully saturated rings. The Morgan fingerprint density at radius 1 is 0.972 bits per heavy atom. The van der Waals surface area contributed by atoms with E-state index in [9.17, 15) is 4.79 Å². The van der Waals surface area contributed by atoms with Gasteiger partial charge in [-0.1, -0.05) is 76.3 Å². The van der Waals surface area contributed by atoms with Crippen LogP contribution in [0.25, 0.3) is 0 Å². The molecule has 1 amide bonds. The van der Waals surface area contributed by atoms with Crippen molar-refractivity contribution >= 4 is 23.4 Å². The lowest BCUT2D eigenvalue weighted by Crippen LogP contribution is -2.40. The molecule has 1 aromatic carbocycles. The Balaban J connectivity index is 1.39. The highest BCUT2D eigenvalue weighted by Crippen LogP contribution is 2.40. The third-order valence-electron chi connectivity index (χ3n) is 6.67. The van der Waals surface area contributed by atoms with E-state index in [-0.39, 0.29) is 12.2 Å². The first-order valence-electron chi connectivity index (χ1n) is 13.6. The highest BCUT2D eigenvalue weighted by atomic mass is 35.5. The van der Waals surface area contributed by atoms with E-state index in [4.69, 9.17) is 35.3 Å². The minimum atomic E-state index is -0.749. The van der Waals surface area contributed by atoms with Crippen molar-refractivity contribution in [3.8, 4) is 0 Å². The molecule has 204 valence electrons. The summed E-state index contributed by atoms with van der Waals surface area (Å²) in [4.78, 5) is 12.4. The van der Waals surface area contributed by atoms with Crippen LogP contribution in [0.1, 0.15) is 91.9 Å². The summed E-state index contributed by atoms with van der Waals surface area (Å²) in [5.74, 6) is -0.749. The minimum Gasteiger partial charge on any atom is -0.443 e. The molecular weight excluding hydrogens is 482 g/mol. The van der Waals surface area contributed by atoms with Gasteiger partial charge in [0.05, 0.1) is 0 Å². The third-order valence-corrected chi connectivity index (χ3v) is 6.93. The highest BCUT2D eigenvalue weighted by Gasteiger charge is 2.57. The largest absolute Gasteiger partial charge is 0.443 e. The number of fused-ring (bicyclic) bond motifs is 1. The fourth-order valence-corrected chi connectivity index (χ4v) is 4.93. The molecule has 3 rings (SSSR count). The summed E-state index contributed by atoms with van der Waals surface area (Å²) in [7, 11) is 0. The third kappa shape index (κ3) is 9.18. The van der Waals surface area contributed by atoms with Crippen molar-refractivity contribution in [2.75, 3.05) is 11.9 Å². The standard InChI is InChI=1S/C28H44ClNO6/c1-5-6-7-8-9-10-11-12-13-14-19-32-26-25-24(35-28(3,4)36-25)23(34-26)20(2)33-27(31)30-22-17-15-21(29)16-18-22/h15-18,20,23-26H,5-14,19H2,1-4H3,(H,30,31)/t20-,23-,24+,25+,26+/m1/s1. The van der Waals surface area contributed by atoms with Crippen LogP contribution in [0.3, 0.4) is 0 Å². The van der Waals surface area contributed by atoms with Gasteiger partial charge in [-0.25, -0.2) is 4.79 Å². The van der Waals surface area contributed by atoms with Gasteiger partial charge in [-0.05, 0) is 51.5 Å². The summed E-state index contributed by atoms with van der Waals surface area (Å²) in [5, 5.41) is 3.30. The zero-order valence-electron chi connectivity index (χ0n) is 22.3. The van der Waals surface area contributed by atoms with Crippen molar-refractivity contribution in [3.05, 3.63) is 29.3 Å². The summed E-state index contributed by atoms with van der Waals surface area (Å²) in [5.41, 5.74) is 0.598. The average Bonchev–Trinajstić information content (AvgIpc) is 3.32. The van der Waals surface area contributed by atoms with E-state index in [1.54, 1.807) is 31.2 Å². The van der Waals surface area contributed by atoms with Crippen LogP contribution in [0.2, 0.25) is 5.02 Å². The number of carbonyl (C=O) groups is 1. The van der Waals surface area contributed by atoms with Crippen molar-refractivity contribution in [1.29, 1.82) is 0 Å². The van der Waals surface area contributed by atoms with Gasteiger partial charge in [0.1, 0.15) is 24.4 Å². The number of nitrogens with one attached hydrogen (secondary N) is 1. The molecule has 1 N–H and O–H groups in total. The molecule has 0 spiro atoms. The molecule has 2 aliphatic rings. The Bertz CT molecular complexity index is 789. The quantitative estimate of drug-likeness (QED) is 0.239. The van der Waals surface area contributed by atoms with Crippen LogP contribution < -0.4 is 5.32 Å². The van der Waals surface area contributed by atoms with Gasteiger partial charge < -0.3 is 23.7 Å². The van der Waals surface area contributed by atoms with E-state index in [2.05, 4.69) is 12.2 Å². The number of amides is 1. The predicted octanol–water partition coefficient (Wildman–Crippen LogP) is 7.46. The smallest absolute Gasteiger partial charge is 0.411 e. The Morgan fingerprint density at radius 2 is 1.56 bits per heavy atom. The molecule has 0 unspecified atom stereocenters. The highest BCUT2D eigenvalue weighted by molar-refractivity contribution is 6.30. The number of hydrogen-bond donors (Lipinski definition) is 1. The minimum absolute atomic E-state index is 0.363. The van der Waals surface area contributed by atoms with Gasteiger partial charge in [0, 0.05) is 17.3 Å². The van der Waals surface area contributed by atoms with Crippen LogP contribution in [0.4, 0.5) is 10.5 Å². The van der Waals surface area contributed by atoms with E-state index in [0.717, 1.165) is 12.8 Å². The fraction of sp³-hybridized carbons (Fsp3) is 0.750. The Kier molecular flexibility index (Phi) is 11.8. The van der Waals surface area contributed by atoms with Crippen LogP contribution in [-0.4, -0.2) is 49.2 Å². The average molecular weight is 526 g/mol. The number of ether oxygens (including phenoxy) is 5. The Hall–Kier alpha value is -1.38. The maximum Gasteiger partial charge on any atom is 0.411 e. The van der Waals surface area contributed by atoms with E-state index in [1.807, 2.05) is 13.8 Å². The molecule has 5 atom stereocenters. The second-order valence-electron chi connectivity index (χ2n) is 10.3. The first-order chi connectivity index (χ1) is 17.3.